The number of likely N-dealkylation sites (tertiary alicyclic amines) is 2. The largest absolute Gasteiger partial charge is 0.489 e. The number of halogens is 1. The number of carbonyl (C=O) groups excluding carboxylic acids is 2. The molecule has 1 atom stereocenters. The third-order valence-electron chi connectivity index (χ3n) is 4.47. The summed E-state index contributed by atoms with van der Waals surface area (Å²) in [5.74, 6) is 0.575. The van der Waals surface area contributed by atoms with E-state index in [9.17, 15) is 9.59 Å². The van der Waals surface area contributed by atoms with Crippen LogP contribution in [0.5, 0.6) is 5.75 Å². The first kappa shape index (κ1) is 16.1. The van der Waals surface area contributed by atoms with E-state index in [0.29, 0.717) is 36.8 Å². The number of pyridine rings is 1. The summed E-state index contributed by atoms with van der Waals surface area (Å²) in [6.07, 6.45) is 5.11. The molecule has 0 aromatic carbocycles. The van der Waals surface area contributed by atoms with E-state index in [2.05, 4.69) is 4.98 Å². The molecule has 0 unspecified atom stereocenters. The molecule has 2 aliphatic heterocycles. The van der Waals surface area contributed by atoms with Crippen molar-refractivity contribution in [2.24, 2.45) is 5.92 Å². The van der Waals surface area contributed by atoms with Crippen LogP contribution in [-0.2, 0) is 9.59 Å². The second-order valence-corrected chi connectivity index (χ2v) is 6.53. The molecule has 0 saturated carbocycles. The highest BCUT2D eigenvalue weighted by atomic mass is 35.5. The minimum atomic E-state index is -0.195. The first-order valence-electron chi connectivity index (χ1n) is 7.83. The average Bonchev–Trinajstić information content (AvgIpc) is 2.89. The maximum absolute atomic E-state index is 12.5. The van der Waals surface area contributed by atoms with Crippen molar-refractivity contribution < 1.29 is 14.3 Å². The molecule has 7 heteroatoms. The van der Waals surface area contributed by atoms with E-state index in [-0.39, 0.29) is 23.8 Å². The maximum Gasteiger partial charge on any atom is 0.227 e. The third-order valence-corrected chi connectivity index (χ3v) is 4.76. The predicted octanol–water partition coefficient (Wildman–Crippen LogP) is 1.58. The maximum atomic E-state index is 12.5. The Morgan fingerprint density at radius 1 is 1.39 bits per heavy atom. The van der Waals surface area contributed by atoms with E-state index in [1.807, 2.05) is 4.90 Å². The standard InChI is InChI=1S/C16H20ClN3O3/c1-19-10-11(8-15(19)21)16(22)20-6-3-12(4-7-20)23-14-2-5-18-9-13(14)17/h2,5,9,11-12H,3-4,6-8,10H2,1H3/t11-/m0/s1. The highest BCUT2D eigenvalue weighted by Crippen LogP contribution is 2.27. The Labute approximate surface area is 140 Å². The summed E-state index contributed by atoms with van der Waals surface area (Å²) in [6, 6.07) is 1.75. The van der Waals surface area contributed by atoms with Crippen LogP contribution in [0, 0.1) is 5.92 Å². The number of aromatic nitrogens is 1. The molecule has 2 fully saturated rings. The molecule has 2 saturated heterocycles. The highest BCUT2D eigenvalue weighted by molar-refractivity contribution is 6.31. The normalized spacial score (nSPS) is 22.5. The van der Waals surface area contributed by atoms with Crippen LogP contribution >= 0.6 is 11.6 Å². The molecule has 124 valence electrons. The summed E-state index contributed by atoms with van der Waals surface area (Å²) < 4.78 is 5.90. The van der Waals surface area contributed by atoms with Crippen molar-refractivity contribution in [3.63, 3.8) is 0 Å². The summed E-state index contributed by atoms with van der Waals surface area (Å²) in [5, 5.41) is 0.499. The second kappa shape index (κ2) is 6.74. The zero-order valence-electron chi connectivity index (χ0n) is 13.1. The zero-order chi connectivity index (χ0) is 16.4. The van der Waals surface area contributed by atoms with Gasteiger partial charge < -0.3 is 14.5 Å². The molecule has 23 heavy (non-hydrogen) atoms. The number of hydrogen-bond donors (Lipinski definition) is 0. The number of piperidine rings is 1. The first-order valence-corrected chi connectivity index (χ1v) is 8.21. The predicted molar refractivity (Wildman–Crippen MR) is 85.2 cm³/mol. The van der Waals surface area contributed by atoms with Crippen LogP contribution in [0.25, 0.3) is 0 Å². The minimum absolute atomic E-state index is 0.0480. The smallest absolute Gasteiger partial charge is 0.227 e. The van der Waals surface area contributed by atoms with Crippen LogP contribution in [-0.4, -0.2) is 59.4 Å². The Bertz CT molecular complexity index is 602. The van der Waals surface area contributed by atoms with Gasteiger partial charge in [0.25, 0.3) is 0 Å². The summed E-state index contributed by atoms with van der Waals surface area (Å²) >= 11 is 6.05. The van der Waals surface area contributed by atoms with Gasteiger partial charge in [-0.2, -0.15) is 0 Å². The number of amides is 2. The molecule has 0 bridgehead atoms. The van der Waals surface area contributed by atoms with Crippen molar-refractivity contribution in [3.05, 3.63) is 23.5 Å². The molecule has 0 radical (unpaired) electrons. The Morgan fingerprint density at radius 2 is 2.13 bits per heavy atom. The molecule has 6 nitrogen and oxygen atoms in total. The van der Waals surface area contributed by atoms with Crippen LogP contribution in [0.1, 0.15) is 19.3 Å². The summed E-state index contributed by atoms with van der Waals surface area (Å²) in [4.78, 5) is 31.5. The van der Waals surface area contributed by atoms with Gasteiger partial charge in [0.1, 0.15) is 16.9 Å². The van der Waals surface area contributed by atoms with E-state index < -0.39 is 0 Å². The lowest BCUT2D eigenvalue weighted by Gasteiger charge is -2.33. The fraction of sp³-hybridized carbons (Fsp3) is 0.562. The molecule has 0 aliphatic carbocycles. The quantitative estimate of drug-likeness (QED) is 0.840. The Hall–Kier alpha value is -1.82. The monoisotopic (exact) mass is 337 g/mol. The molecule has 1 aromatic heterocycles. The number of hydrogen-bond acceptors (Lipinski definition) is 4. The first-order chi connectivity index (χ1) is 11.0. The van der Waals surface area contributed by atoms with Crippen LogP contribution in [0.15, 0.2) is 18.5 Å². The SMILES string of the molecule is CN1C[C@@H](C(=O)N2CCC(Oc3ccncc3Cl)CC2)CC1=O. The Kier molecular flexibility index (Phi) is 4.71. The lowest BCUT2D eigenvalue weighted by Crippen LogP contribution is -2.44. The minimum Gasteiger partial charge on any atom is -0.489 e. The van der Waals surface area contributed by atoms with E-state index in [1.165, 1.54) is 0 Å². The van der Waals surface area contributed by atoms with Crippen molar-refractivity contribution in [1.82, 2.24) is 14.8 Å². The molecule has 3 heterocycles. The zero-order valence-corrected chi connectivity index (χ0v) is 13.8. The summed E-state index contributed by atoms with van der Waals surface area (Å²) in [7, 11) is 1.74. The molecule has 2 amide bonds. The van der Waals surface area contributed by atoms with Crippen LogP contribution in [0.4, 0.5) is 0 Å². The van der Waals surface area contributed by atoms with Crippen molar-refractivity contribution in [1.29, 1.82) is 0 Å². The van der Waals surface area contributed by atoms with Gasteiger partial charge in [0.15, 0.2) is 0 Å². The number of rotatable bonds is 3. The van der Waals surface area contributed by atoms with Gasteiger partial charge in [0.2, 0.25) is 11.8 Å². The van der Waals surface area contributed by atoms with Gasteiger partial charge in [-0.05, 0) is 0 Å². The molecular weight excluding hydrogens is 318 g/mol. The van der Waals surface area contributed by atoms with Crippen LogP contribution in [0.2, 0.25) is 5.02 Å². The molecule has 1 aromatic rings. The van der Waals surface area contributed by atoms with Crippen molar-refractivity contribution in [2.45, 2.75) is 25.4 Å². The van der Waals surface area contributed by atoms with Gasteiger partial charge >= 0.3 is 0 Å². The van der Waals surface area contributed by atoms with E-state index in [1.54, 1.807) is 30.4 Å². The fourth-order valence-corrected chi connectivity index (χ4v) is 3.28. The lowest BCUT2D eigenvalue weighted by molar-refractivity contribution is -0.137. The van der Waals surface area contributed by atoms with Gasteiger partial charge in [-0.3, -0.25) is 14.6 Å². The van der Waals surface area contributed by atoms with Crippen LogP contribution in [0.3, 0.4) is 0 Å². The second-order valence-electron chi connectivity index (χ2n) is 6.12. The Balaban J connectivity index is 1.51. The highest BCUT2D eigenvalue weighted by Gasteiger charge is 2.36. The summed E-state index contributed by atoms with van der Waals surface area (Å²) in [6.45, 7) is 1.84. The number of nitrogens with zero attached hydrogens (tertiary/aromatic N) is 3. The van der Waals surface area contributed by atoms with E-state index in [4.69, 9.17) is 16.3 Å². The Morgan fingerprint density at radius 3 is 2.74 bits per heavy atom. The van der Waals surface area contributed by atoms with Crippen molar-refractivity contribution in [3.8, 4) is 5.75 Å². The molecule has 0 N–H and O–H groups in total. The topological polar surface area (TPSA) is 62.7 Å². The van der Waals surface area contributed by atoms with E-state index in [0.717, 1.165) is 12.8 Å². The van der Waals surface area contributed by atoms with Crippen LogP contribution < -0.4 is 4.74 Å². The number of ether oxygens (including phenoxy) is 1. The van der Waals surface area contributed by atoms with E-state index >= 15 is 0 Å². The van der Waals surface area contributed by atoms with Crippen molar-refractivity contribution in [2.75, 3.05) is 26.7 Å². The fourth-order valence-electron chi connectivity index (χ4n) is 3.12. The van der Waals surface area contributed by atoms with Crippen molar-refractivity contribution >= 4 is 23.4 Å². The number of carbonyl (C=O) groups is 2. The van der Waals surface area contributed by atoms with Gasteiger partial charge in [0, 0.05) is 64.4 Å². The summed E-state index contributed by atoms with van der Waals surface area (Å²) in [5.41, 5.74) is 0. The van der Waals surface area contributed by atoms with Gasteiger partial charge in [-0.1, -0.05) is 11.6 Å². The van der Waals surface area contributed by atoms with Gasteiger partial charge in [0.05, 0.1) is 5.92 Å². The molecular formula is C16H20ClN3O3. The lowest BCUT2D eigenvalue weighted by atomic mass is 10.0. The van der Waals surface area contributed by atoms with Gasteiger partial charge in [-0.25, -0.2) is 0 Å². The third kappa shape index (κ3) is 3.58. The molecule has 3 rings (SSSR count). The van der Waals surface area contributed by atoms with Gasteiger partial charge in [-0.15, -0.1) is 0 Å². The molecule has 0 spiro atoms. The average molecular weight is 338 g/mol. The molecule has 2 aliphatic rings.